The van der Waals surface area contributed by atoms with Gasteiger partial charge >= 0.3 is 0 Å². The number of rotatable bonds is 2. The summed E-state index contributed by atoms with van der Waals surface area (Å²) in [6.07, 6.45) is 1.69. The monoisotopic (exact) mass is 206 g/mol. The minimum absolute atomic E-state index is 0.314. The van der Waals surface area contributed by atoms with Crippen LogP contribution in [0, 0.1) is 20.8 Å². The number of oxazole rings is 1. The van der Waals surface area contributed by atoms with Crippen molar-refractivity contribution in [3.63, 3.8) is 0 Å². The lowest BCUT2D eigenvalue weighted by atomic mass is 10.1. The molecule has 0 amide bonds. The van der Waals surface area contributed by atoms with Crippen LogP contribution in [0.25, 0.3) is 11.3 Å². The summed E-state index contributed by atoms with van der Waals surface area (Å²) in [5.74, 6) is 3.03. The van der Waals surface area contributed by atoms with Gasteiger partial charge < -0.3 is 14.6 Å². The molecule has 0 radical (unpaired) electrons. The highest BCUT2D eigenvalue weighted by atomic mass is 16.4. The third-order valence-corrected chi connectivity index (χ3v) is 2.54. The fourth-order valence-electron chi connectivity index (χ4n) is 1.68. The van der Waals surface area contributed by atoms with Crippen LogP contribution in [0.3, 0.4) is 0 Å². The van der Waals surface area contributed by atoms with E-state index in [9.17, 15) is 0 Å². The molecule has 4 heteroatoms. The molecule has 4 nitrogen and oxygen atoms in total. The van der Waals surface area contributed by atoms with Gasteiger partial charge in [0.1, 0.15) is 11.5 Å². The quantitative estimate of drug-likeness (QED) is 0.818. The molecule has 2 N–H and O–H groups in total. The molecule has 15 heavy (non-hydrogen) atoms. The number of nitrogens with zero attached hydrogens (tertiary/aromatic N) is 1. The molecule has 2 aromatic rings. The van der Waals surface area contributed by atoms with E-state index >= 15 is 0 Å². The second-order valence-corrected chi connectivity index (χ2v) is 3.54. The van der Waals surface area contributed by atoms with Crippen LogP contribution < -0.4 is 5.73 Å². The van der Waals surface area contributed by atoms with E-state index < -0.39 is 0 Å². The van der Waals surface area contributed by atoms with Crippen molar-refractivity contribution in [2.24, 2.45) is 5.73 Å². The summed E-state index contributed by atoms with van der Waals surface area (Å²) in [5, 5.41) is 0. The first-order valence-electron chi connectivity index (χ1n) is 4.85. The van der Waals surface area contributed by atoms with Gasteiger partial charge in [-0.15, -0.1) is 0 Å². The Balaban J connectivity index is 2.53. The van der Waals surface area contributed by atoms with E-state index in [-0.39, 0.29) is 0 Å². The fourth-order valence-corrected chi connectivity index (χ4v) is 1.68. The van der Waals surface area contributed by atoms with Crippen molar-refractivity contribution < 1.29 is 8.83 Å². The Morgan fingerprint density at radius 1 is 1.20 bits per heavy atom. The molecule has 0 fully saturated rings. The van der Waals surface area contributed by atoms with Gasteiger partial charge in [0.25, 0.3) is 0 Å². The number of furan rings is 1. The van der Waals surface area contributed by atoms with Crippen LogP contribution in [-0.4, -0.2) is 4.98 Å². The molecular weight excluding hydrogens is 192 g/mol. The van der Waals surface area contributed by atoms with Crippen molar-refractivity contribution in [1.82, 2.24) is 4.98 Å². The van der Waals surface area contributed by atoms with Gasteiger partial charge in [-0.2, -0.15) is 0 Å². The van der Waals surface area contributed by atoms with E-state index in [1.54, 1.807) is 6.20 Å². The average molecular weight is 206 g/mol. The third-order valence-electron chi connectivity index (χ3n) is 2.54. The topological polar surface area (TPSA) is 65.2 Å². The summed E-state index contributed by atoms with van der Waals surface area (Å²) >= 11 is 0. The van der Waals surface area contributed by atoms with Crippen LogP contribution in [0.2, 0.25) is 0 Å². The zero-order chi connectivity index (χ0) is 11.0. The molecule has 0 saturated heterocycles. The maximum atomic E-state index is 5.52. The Kier molecular flexibility index (Phi) is 2.36. The number of hydrogen-bond acceptors (Lipinski definition) is 4. The maximum Gasteiger partial charge on any atom is 0.208 e. The molecule has 80 valence electrons. The zero-order valence-electron chi connectivity index (χ0n) is 9.13. The SMILES string of the molecule is Cc1oc(C)c(-c2cnc(CN)o2)c1C. The second kappa shape index (κ2) is 3.55. The predicted molar refractivity (Wildman–Crippen MR) is 56.3 cm³/mol. The Morgan fingerprint density at radius 2 is 1.93 bits per heavy atom. The van der Waals surface area contributed by atoms with Gasteiger partial charge in [-0.25, -0.2) is 4.98 Å². The molecule has 0 saturated carbocycles. The number of aryl methyl sites for hydroxylation is 2. The van der Waals surface area contributed by atoms with Gasteiger partial charge in [0.15, 0.2) is 5.76 Å². The van der Waals surface area contributed by atoms with Crippen LogP contribution in [-0.2, 0) is 6.54 Å². The number of aromatic nitrogens is 1. The highest BCUT2D eigenvalue weighted by molar-refractivity contribution is 5.64. The van der Waals surface area contributed by atoms with Gasteiger partial charge in [0.05, 0.1) is 18.3 Å². The van der Waals surface area contributed by atoms with Crippen molar-refractivity contribution in [2.75, 3.05) is 0 Å². The first kappa shape index (κ1) is 9.98. The van der Waals surface area contributed by atoms with Crippen LogP contribution in [0.5, 0.6) is 0 Å². The van der Waals surface area contributed by atoms with E-state index in [4.69, 9.17) is 14.6 Å². The van der Waals surface area contributed by atoms with Crippen LogP contribution >= 0.6 is 0 Å². The van der Waals surface area contributed by atoms with Gasteiger partial charge in [0, 0.05) is 5.56 Å². The number of nitrogens with two attached hydrogens (primary N) is 1. The molecule has 2 aromatic heterocycles. The van der Waals surface area contributed by atoms with Gasteiger partial charge in [-0.1, -0.05) is 0 Å². The standard InChI is InChI=1S/C11H14N2O2/c1-6-7(2)14-8(3)11(6)9-5-13-10(4-12)15-9/h5H,4,12H2,1-3H3. The van der Waals surface area contributed by atoms with E-state index in [1.165, 1.54) is 0 Å². The second-order valence-electron chi connectivity index (χ2n) is 3.54. The number of hydrogen-bond donors (Lipinski definition) is 1. The van der Waals surface area contributed by atoms with Crippen molar-refractivity contribution in [2.45, 2.75) is 27.3 Å². The summed E-state index contributed by atoms with van der Waals surface area (Å²) in [6.45, 7) is 6.17. The molecule has 0 aliphatic rings. The van der Waals surface area contributed by atoms with Gasteiger partial charge in [0.2, 0.25) is 5.89 Å². The largest absolute Gasteiger partial charge is 0.466 e. The minimum Gasteiger partial charge on any atom is -0.466 e. The minimum atomic E-state index is 0.314. The highest BCUT2D eigenvalue weighted by Gasteiger charge is 2.16. The zero-order valence-corrected chi connectivity index (χ0v) is 9.13. The summed E-state index contributed by atoms with van der Waals surface area (Å²) in [7, 11) is 0. The Hall–Kier alpha value is -1.55. The van der Waals surface area contributed by atoms with Crippen molar-refractivity contribution in [3.8, 4) is 11.3 Å². The van der Waals surface area contributed by atoms with Crippen LogP contribution in [0.1, 0.15) is 23.0 Å². The molecule has 0 bridgehead atoms. The van der Waals surface area contributed by atoms with E-state index in [0.717, 1.165) is 28.4 Å². The van der Waals surface area contributed by atoms with Gasteiger partial charge in [-0.05, 0) is 20.8 Å². The molecular formula is C11H14N2O2. The molecule has 0 aromatic carbocycles. The van der Waals surface area contributed by atoms with Crippen molar-refractivity contribution in [1.29, 1.82) is 0 Å². The fraction of sp³-hybridized carbons (Fsp3) is 0.364. The Bertz CT molecular complexity index is 483. The summed E-state index contributed by atoms with van der Waals surface area (Å²) in [5.41, 5.74) is 7.52. The lowest BCUT2D eigenvalue weighted by molar-refractivity contribution is 0.494. The normalized spacial score (nSPS) is 10.9. The molecule has 0 aliphatic heterocycles. The Labute approximate surface area is 88.1 Å². The smallest absolute Gasteiger partial charge is 0.208 e. The average Bonchev–Trinajstić information content (AvgIpc) is 2.74. The van der Waals surface area contributed by atoms with E-state index in [1.807, 2.05) is 20.8 Å². The van der Waals surface area contributed by atoms with E-state index in [2.05, 4.69) is 4.98 Å². The summed E-state index contributed by atoms with van der Waals surface area (Å²) in [6, 6.07) is 0. The predicted octanol–water partition coefficient (Wildman–Crippen LogP) is 2.32. The first-order valence-corrected chi connectivity index (χ1v) is 4.85. The summed E-state index contributed by atoms with van der Waals surface area (Å²) < 4.78 is 11.0. The van der Waals surface area contributed by atoms with Crippen LogP contribution in [0.4, 0.5) is 0 Å². The van der Waals surface area contributed by atoms with Crippen molar-refractivity contribution in [3.05, 3.63) is 29.2 Å². The van der Waals surface area contributed by atoms with E-state index in [0.29, 0.717) is 12.4 Å². The molecule has 0 aliphatic carbocycles. The highest BCUT2D eigenvalue weighted by Crippen LogP contribution is 2.31. The lowest BCUT2D eigenvalue weighted by Crippen LogP contribution is -1.94. The molecule has 2 heterocycles. The Morgan fingerprint density at radius 3 is 2.40 bits per heavy atom. The lowest BCUT2D eigenvalue weighted by Gasteiger charge is -1.94. The first-order chi connectivity index (χ1) is 7.13. The van der Waals surface area contributed by atoms with Gasteiger partial charge in [-0.3, -0.25) is 0 Å². The molecule has 0 atom stereocenters. The van der Waals surface area contributed by atoms with Crippen LogP contribution in [0.15, 0.2) is 15.0 Å². The molecule has 0 unspecified atom stereocenters. The maximum absolute atomic E-state index is 5.52. The molecule has 0 spiro atoms. The third kappa shape index (κ3) is 1.57. The summed E-state index contributed by atoms with van der Waals surface area (Å²) in [4.78, 5) is 4.07. The van der Waals surface area contributed by atoms with Crippen molar-refractivity contribution >= 4 is 0 Å². The molecule has 2 rings (SSSR count).